The Hall–Kier alpha value is -2.58. The van der Waals surface area contributed by atoms with Gasteiger partial charge in [-0.15, -0.1) is 13.2 Å². The third-order valence-electron chi connectivity index (χ3n) is 6.36. The summed E-state index contributed by atoms with van der Waals surface area (Å²) in [5, 5.41) is 12.6. The Morgan fingerprint density at radius 1 is 1.09 bits per heavy atom. The lowest BCUT2D eigenvalue weighted by Crippen LogP contribution is -2.50. The fraction of sp³-hybridized carbons (Fsp3) is 0.391. The van der Waals surface area contributed by atoms with Crippen molar-refractivity contribution in [2.75, 3.05) is 31.1 Å². The maximum Gasteiger partial charge on any atom is 0.573 e. The molecular weight excluding hydrogens is 443 g/mol. The average Bonchev–Trinajstić information content (AvgIpc) is 3.32. The van der Waals surface area contributed by atoms with Crippen molar-refractivity contribution in [2.24, 2.45) is 0 Å². The third kappa shape index (κ3) is 4.21. The first-order chi connectivity index (χ1) is 15.3. The van der Waals surface area contributed by atoms with E-state index in [0.29, 0.717) is 23.0 Å². The molecule has 0 saturated carbocycles. The van der Waals surface area contributed by atoms with Gasteiger partial charge in [0.05, 0.1) is 17.0 Å². The number of benzene rings is 2. The van der Waals surface area contributed by atoms with E-state index in [-0.39, 0.29) is 11.6 Å². The lowest BCUT2D eigenvalue weighted by atomic mass is 10.1. The van der Waals surface area contributed by atoms with Gasteiger partial charge in [-0.05, 0) is 49.2 Å². The zero-order valence-electron chi connectivity index (χ0n) is 17.3. The molecule has 3 heterocycles. The van der Waals surface area contributed by atoms with Crippen LogP contribution in [-0.2, 0) is 6.54 Å². The predicted molar refractivity (Wildman–Crippen MR) is 118 cm³/mol. The van der Waals surface area contributed by atoms with Crippen LogP contribution in [0.15, 0.2) is 42.6 Å². The van der Waals surface area contributed by atoms with Gasteiger partial charge in [-0.1, -0.05) is 23.7 Å². The fourth-order valence-electron chi connectivity index (χ4n) is 4.85. The van der Waals surface area contributed by atoms with E-state index >= 15 is 0 Å². The van der Waals surface area contributed by atoms with Crippen LogP contribution in [0.25, 0.3) is 10.8 Å². The summed E-state index contributed by atoms with van der Waals surface area (Å²) < 4.78 is 42.6. The highest BCUT2D eigenvalue weighted by Crippen LogP contribution is 2.38. The van der Waals surface area contributed by atoms with E-state index in [9.17, 15) is 18.3 Å². The van der Waals surface area contributed by atoms with Crippen LogP contribution in [0, 0.1) is 0 Å². The minimum Gasteiger partial charge on any atom is -0.494 e. The van der Waals surface area contributed by atoms with Crippen LogP contribution in [0.5, 0.6) is 11.6 Å². The van der Waals surface area contributed by atoms with E-state index in [1.807, 2.05) is 18.3 Å². The highest BCUT2D eigenvalue weighted by molar-refractivity contribution is 6.36. The molecule has 2 saturated heterocycles. The Balaban J connectivity index is 1.38. The Bertz CT molecular complexity index is 1130. The van der Waals surface area contributed by atoms with E-state index in [0.717, 1.165) is 36.3 Å². The predicted octanol–water partition coefficient (Wildman–Crippen LogP) is 5.23. The monoisotopic (exact) mass is 465 g/mol. The van der Waals surface area contributed by atoms with Crippen LogP contribution in [0.4, 0.5) is 18.9 Å². The normalized spacial score (nSPS) is 19.5. The number of alkyl halides is 3. The molecular formula is C23H23ClF3N3O2. The summed E-state index contributed by atoms with van der Waals surface area (Å²) >= 11 is 6.56. The number of rotatable bonds is 4. The van der Waals surface area contributed by atoms with Gasteiger partial charge in [0, 0.05) is 42.9 Å². The maximum absolute atomic E-state index is 12.4. The van der Waals surface area contributed by atoms with Gasteiger partial charge in [0.2, 0.25) is 5.88 Å². The largest absolute Gasteiger partial charge is 0.573 e. The molecule has 1 N–H and O–H groups in total. The number of fused-ring (bicyclic) bond motifs is 2. The molecule has 0 amide bonds. The van der Waals surface area contributed by atoms with Crippen molar-refractivity contribution in [3.63, 3.8) is 0 Å². The molecule has 2 aliphatic heterocycles. The SMILES string of the molecule is Oc1c2c(Cl)cc(N3CCN4CCCC4C3)cc2cn1Cc1ccc(OC(F)(F)F)cc1. The highest BCUT2D eigenvalue weighted by atomic mass is 35.5. The molecule has 5 rings (SSSR count). The van der Waals surface area contributed by atoms with Crippen LogP contribution in [0.2, 0.25) is 5.02 Å². The van der Waals surface area contributed by atoms with Crippen molar-refractivity contribution in [1.82, 2.24) is 9.47 Å². The van der Waals surface area contributed by atoms with Gasteiger partial charge >= 0.3 is 6.36 Å². The van der Waals surface area contributed by atoms with Crippen LogP contribution in [0.3, 0.4) is 0 Å². The van der Waals surface area contributed by atoms with Gasteiger partial charge in [-0.2, -0.15) is 0 Å². The molecule has 2 aliphatic rings. The highest BCUT2D eigenvalue weighted by Gasteiger charge is 2.32. The lowest BCUT2D eigenvalue weighted by Gasteiger charge is -2.39. The molecule has 5 nitrogen and oxygen atoms in total. The summed E-state index contributed by atoms with van der Waals surface area (Å²) in [5.41, 5.74) is 1.77. The Morgan fingerprint density at radius 2 is 1.88 bits per heavy atom. The van der Waals surface area contributed by atoms with Crippen molar-refractivity contribution in [1.29, 1.82) is 0 Å². The molecule has 32 heavy (non-hydrogen) atoms. The number of hydrogen-bond donors (Lipinski definition) is 1. The molecule has 1 unspecified atom stereocenters. The van der Waals surface area contributed by atoms with Gasteiger partial charge in [-0.25, -0.2) is 0 Å². The molecule has 0 spiro atoms. The molecule has 2 aromatic carbocycles. The zero-order valence-corrected chi connectivity index (χ0v) is 18.0. The van der Waals surface area contributed by atoms with Gasteiger partial charge in [0.25, 0.3) is 0 Å². The topological polar surface area (TPSA) is 40.9 Å². The second kappa shape index (κ2) is 8.08. The van der Waals surface area contributed by atoms with Crippen LogP contribution >= 0.6 is 11.6 Å². The van der Waals surface area contributed by atoms with Gasteiger partial charge < -0.3 is 19.3 Å². The van der Waals surface area contributed by atoms with E-state index in [2.05, 4.69) is 14.5 Å². The second-order valence-corrected chi connectivity index (χ2v) is 8.85. The van der Waals surface area contributed by atoms with E-state index in [1.54, 1.807) is 16.7 Å². The summed E-state index contributed by atoms with van der Waals surface area (Å²) in [5.74, 6) is -0.244. The summed E-state index contributed by atoms with van der Waals surface area (Å²) in [7, 11) is 0. The molecule has 0 aliphatic carbocycles. The Labute approximate surface area is 188 Å². The number of aromatic hydroxyl groups is 1. The molecule has 1 atom stereocenters. The molecule has 1 aromatic heterocycles. The average molecular weight is 466 g/mol. The summed E-state index contributed by atoms with van der Waals surface area (Å²) in [6, 6.07) is 10.1. The van der Waals surface area contributed by atoms with Crippen LogP contribution in [-0.4, -0.2) is 53.2 Å². The van der Waals surface area contributed by atoms with Crippen LogP contribution in [0.1, 0.15) is 18.4 Å². The first-order valence-electron chi connectivity index (χ1n) is 10.6. The molecule has 170 valence electrons. The minimum atomic E-state index is -4.73. The number of ether oxygens (including phenoxy) is 1. The third-order valence-corrected chi connectivity index (χ3v) is 6.66. The second-order valence-electron chi connectivity index (χ2n) is 8.44. The molecule has 2 fully saturated rings. The molecule has 9 heteroatoms. The number of halogens is 4. The smallest absolute Gasteiger partial charge is 0.494 e. The van der Waals surface area contributed by atoms with Crippen molar-refractivity contribution in [3.05, 3.63) is 53.2 Å². The first kappa shape index (κ1) is 21.3. The number of aromatic nitrogens is 1. The van der Waals surface area contributed by atoms with Crippen LogP contribution < -0.4 is 9.64 Å². The quantitative estimate of drug-likeness (QED) is 0.572. The van der Waals surface area contributed by atoms with Crippen molar-refractivity contribution in [3.8, 4) is 11.6 Å². The summed E-state index contributed by atoms with van der Waals surface area (Å²) in [6.07, 6.45) is -0.433. The van der Waals surface area contributed by atoms with E-state index < -0.39 is 6.36 Å². The Morgan fingerprint density at radius 3 is 2.62 bits per heavy atom. The lowest BCUT2D eigenvalue weighted by molar-refractivity contribution is -0.274. The summed E-state index contributed by atoms with van der Waals surface area (Å²) in [6.45, 7) is 4.43. The number of piperazine rings is 1. The molecule has 3 aromatic rings. The molecule has 0 bridgehead atoms. The van der Waals surface area contributed by atoms with E-state index in [1.165, 1.54) is 31.5 Å². The number of nitrogens with zero attached hydrogens (tertiary/aromatic N) is 3. The van der Waals surface area contributed by atoms with Crippen molar-refractivity contribution >= 4 is 28.1 Å². The Kier molecular flexibility index (Phi) is 5.37. The zero-order chi connectivity index (χ0) is 22.5. The fourth-order valence-corrected chi connectivity index (χ4v) is 5.15. The first-order valence-corrected chi connectivity index (χ1v) is 11.0. The van der Waals surface area contributed by atoms with Crippen molar-refractivity contribution in [2.45, 2.75) is 31.8 Å². The van der Waals surface area contributed by atoms with Gasteiger partial charge in [-0.3, -0.25) is 4.90 Å². The number of hydrogen-bond acceptors (Lipinski definition) is 4. The van der Waals surface area contributed by atoms with Gasteiger partial charge in [0.1, 0.15) is 5.75 Å². The molecule has 0 radical (unpaired) electrons. The van der Waals surface area contributed by atoms with Crippen molar-refractivity contribution < 1.29 is 23.0 Å². The standard InChI is InChI=1S/C23H23ClF3N3O2/c24-20-11-18(29-9-8-28-7-1-2-17(28)14-29)10-16-13-30(22(31)21(16)20)12-15-3-5-19(6-4-15)32-23(25,26)27/h3-6,10-11,13,17,31H,1-2,7-9,12,14H2. The minimum absolute atomic E-state index is 0.0350. The van der Waals surface area contributed by atoms with E-state index in [4.69, 9.17) is 11.6 Å². The maximum atomic E-state index is 12.4. The summed E-state index contributed by atoms with van der Waals surface area (Å²) in [4.78, 5) is 4.90. The van der Waals surface area contributed by atoms with Gasteiger partial charge in [0.15, 0.2) is 0 Å². The number of anilines is 1.